The minimum Gasteiger partial charge on any atom is -0.475 e. The highest BCUT2D eigenvalue weighted by molar-refractivity contribution is 6.05. The monoisotopic (exact) mass is 428 g/mol. The van der Waals surface area contributed by atoms with E-state index in [0.29, 0.717) is 22.7 Å². The number of fused-ring (bicyclic) bond motifs is 1. The van der Waals surface area contributed by atoms with Gasteiger partial charge in [-0.05, 0) is 26.3 Å². The van der Waals surface area contributed by atoms with Crippen LogP contribution in [0.4, 0.5) is 11.5 Å². The number of hydrogen-bond donors (Lipinski definition) is 0. The first-order valence-electron chi connectivity index (χ1n) is 9.80. The molecule has 0 saturated carbocycles. The van der Waals surface area contributed by atoms with Gasteiger partial charge in [0, 0.05) is 30.9 Å². The predicted molar refractivity (Wildman–Crippen MR) is 112 cm³/mol. The van der Waals surface area contributed by atoms with Crippen LogP contribution >= 0.6 is 0 Å². The first-order chi connectivity index (χ1) is 14.8. The number of hydrogen-bond acceptors (Lipinski definition) is 9. The Morgan fingerprint density at radius 1 is 1.26 bits per heavy atom. The van der Waals surface area contributed by atoms with E-state index in [4.69, 9.17) is 14.2 Å². The van der Waals surface area contributed by atoms with Crippen molar-refractivity contribution in [1.29, 1.82) is 0 Å². The number of nitro benzene ring substituents is 1. The molecule has 0 bridgehead atoms. The lowest BCUT2D eigenvalue weighted by Crippen LogP contribution is -2.34. The number of benzene rings is 1. The fraction of sp³-hybridized carbons (Fsp3) is 0.429. The number of non-ortho nitro benzene ring substituents is 1. The highest BCUT2D eigenvalue weighted by atomic mass is 16.6. The molecule has 164 valence electrons. The summed E-state index contributed by atoms with van der Waals surface area (Å²) >= 11 is 0. The zero-order valence-electron chi connectivity index (χ0n) is 17.8. The molecule has 10 heteroatoms. The van der Waals surface area contributed by atoms with Crippen LogP contribution in [0.15, 0.2) is 35.6 Å². The second-order valence-corrected chi connectivity index (χ2v) is 7.30. The van der Waals surface area contributed by atoms with Gasteiger partial charge in [-0.1, -0.05) is 12.1 Å². The second kappa shape index (κ2) is 9.61. The van der Waals surface area contributed by atoms with Crippen LogP contribution in [-0.2, 0) is 14.3 Å². The number of carbonyl (C=O) groups is 1. The van der Waals surface area contributed by atoms with E-state index < -0.39 is 22.7 Å². The second-order valence-electron chi connectivity index (χ2n) is 7.30. The number of ether oxygens (including phenoxy) is 3. The maximum absolute atomic E-state index is 13.1. The van der Waals surface area contributed by atoms with Crippen LogP contribution < -0.4 is 4.74 Å². The summed E-state index contributed by atoms with van der Waals surface area (Å²) in [6.07, 6.45) is 1.15. The summed E-state index contributed by atoms with van der Waals surface area (Å²) in [5.41, 5.74) is 1.44. The molecule has 0 fully saturated rings. The van der Waals surface area contributed by atoms with E-state index in [1.54, 1.807) is 19.1 Å². The number of esters is 1. The van der Waals surface area contributed by atoms with Crippen molar-refractivity contribution in [3.8, 4) is 5.88 Å². The zero-order valence-corrected chi connectivity index (χ0v) is 17.8. The van der Waals surface area contributed by atoms with Gasteiger partial charge in [0.05, 0.1) is 23.2 Å². The average molecular weight is 428 g/mol. The van der Waals surface area contributed by atoms with Crippen LogP contribution in [-0.4, -0.2) is 53.0 Å². The Balaban J connectivity index is 2.17. The Hall–Kier alpha value is -3.40. The summed E-state index contributed by atoms with van der Waals surface area (Å²) in [7, 11) is 1.51. The number of rotatable bonds is 8. The molecule has 1 aromatic heterocycles. The highest BCUT2D eigenvalue weighted by Crippen LogP contribution is 2.46. The molecule has 2 aromatic rings. The van der Waals surface area contributed by atoms with Gasteiger partial charge >= 0.3 is 5.97 Å². The van der Waals surface area contributed by atoms with Crippen molar-refractivity contribution in [2.75, 3.05) is 20.3 Å². The van der Waals surface area contributed by atoms with Crippen LogP contribution in [0, 0.1) is 16.0 Å². The maximum Gasteiger partial charge on any atom is 0.315 e. The molecular formula is C21H24N4O6. The minimum atomic E-state index is -0.827. The summed E-state index contributed by atoms with van der Waals surface area (Å²) in [5.74, 6) is -1.37. The van der Waals surface area contributed by atoms with Crippen molar-refractivity contribution in [3.05, 3.63) is 51.8 Å². The lowest BCUT2D eigenvalue weighted by atomic mass is 9.77. The van der Waals surface area contributed by atoms with Gasteiger partial charge in [0.15, 0.2) is 5.82 Å². The van der Waals surface area contributed by atoms with Gasteiger partial charge < -0.3 is 14.2 Å². The van der Waals surface area contributed by atoms with Gasteiger partial charge in [0.25, 0.3) is 5.69 Å². The van der Waals surface area contributed by atoms with Crippen LogP contribution in [0.3, 0.4) is 0 Å². The van der Waals surface area contributed by atoms with Crippen LogP contribution in [0.25, 0.3) is 0 Å². The summed E-state index contributed by atoms with van der Waals surface area (Å²) in [4.78, 5) is 37.0. The van der Waals surface area contributed by atoms with Gasteiger partial charge in [-0.25, -0.2) is 15.0 Å². The summed E-state index contributed by atoms with van der Waals surface area (Å²) < 4.78 is 16.2. The minimum absolute atomic E-state index is 0.0776. The van der Waals surface area contributed by atoms with Crippen molar-refractivity contribution >= 4 is 23.2 Å². The molecule has 2 atom stereocenters. The summed E-state index contributed by atoms with van der Waals surface area (Å²) in [5, 5.41) is 11.4. The first kappa shape index (κ1) is 22.3. The molecule has 0 spiro atoms. The smallest absolute Gasteiger partial charge is 0.315 e. The molecule has 0 aliphatic carbocycles. The van der Waals surface area contributed by atoms with Gasteiger partial charge in [0.2, 0.25) is 5.88 Å². The van der Waals surface area contributed by atoms with E-state index >= 15 is 0 Å². The predicted octanol–water partition coefficient (Wildman–Crippen LogP) is 3.22. The zero-order chi connectivity index (χ0) is 22.5. The quantitative estimate of drug-likeness (QED) is 0.271. The molecule has 1 aliphatic rings. The fourth-order valence-electron chi connectivity index (χ4n) is 3.51. The van der Waals surface area contributed by atoms with E-state index in [1.807, 2.05) is 13.8 Å². The van der Waals surface area contributed by atoms with Crippen molar-refractivity contribution in [1.82, 2.24) is 9.97 Å². The highest BCUT2D eigenvalue weighted by Gasteiger charge is 2.42. The van der Waals surface area contributed by atoms with Crippen molar-refractivity contribution < 1.29 is 23.9 Å². The van der Waals surface area contributed by atoms with Gasteiger partial charge in [0.1, 0.15) is 18.9 Å². The normalized spacial score (nSPS) is 17.6. The standard InChI is InChI=1S/C21H24N4O6/c1-12(2)31-20-18-17(14-6-5-7-15(10-14)25(27)28)16(21(26)30-9-8-29-4)13(3)24-19(18)22-11-23-20/h5-7,10-12,16-17H,8-9H2,1-4H3. The lowest BCUT2D eigenvalue weighted by Gasteiger charge is -2.31. The third kappa shape index (κ3) is 4.85. The molecule has 10 nitrogen and oxygen atoms in total. The van der Waals surface area contributed by atoms with E-state index in [0.717, 1.165) is 0 Å². The number of nitro groups is 1. The third-order valence-corrected chi connectivity index (χ3v) is 4.78. The molecular weight excluding hydrogens is 404 g/mol. The summed E-state index contributed by atoms with van der Waals surface area (Å²) in [6.45, 7) is 5.74. The number of carbonyl (C=O) groups excluding carboxylic acids is 1. The average Bonchev–Trinajstić information content (AvgIpc) is 2.72. The van der Waals surface area contributed by atoms with Gasteiger partial charge in [-0.3, -0.25) is 14.9 Å². The molecule has 2 unspecified atom stereocenters. The molecule has 2 heterocycles. The van der Waals surface area contributed by atoms with Crippen LogP contribution in [0.2, 0.25) is 0 Å². The van der Waals surface area contributed by atoms with Crippen molar-refractivity contribution in [2.45, 2.75) is 32.8 Å². The largest absolute Gasteiger partial charge is 0.475 e. The molecule has 1 aliphatic heterocycles. The Morgan fingerprint density at radius 3 is 2.71 bits per heavy atom. The van der Waals surface area contributed by atoms with Crippen molar-refractivity contribution in [3.63, 3.8) is 0 Å². The van der Waals surface area contributed by atoms with E-state index in [-0.39, 0.29) is 30.9 Å². The Kier molecular flexibility index (Phi) is 6.91. The summed E-state index contributed by atoms with van der Waals surface area (Å²) in [6, 6.07) is 6.14. The van der Waals surface area contributed by atoms with Crippen molar-refractivity contribution in [2.24, 2.45) is 10.9 Å². The molecule has 31 heavy (non-hydrogen) atoms. The number of nitrogens with zero attached hydrogens (tertiary/aromatic N) is 4. The molecule has 1 aromatic carbocycles. The Bertz CT molecular complexity index is 1010. The van der Waals surface area contributed by atoms with Gasteiger partial charge in [-0.15, -0.1) is 0 Å². The molecule has 0 radical (unpaired) electrons. The fourth-order valence-corrected chi connectivity index (χ4v) is 3.51. The maximum atomic E-state index is 13.1. The van der Waals surface area contributed by atoms with E-state index in [1.165, 1.54) is 25.6 Å². The van der Waals surface area contributed by atoms with Gasteiger partial charge in [-0.2, -0.15) is 0 Å². The first-order valence-corrected chi connectivity index (χ1v) is 9.80. The number of aromatic nitrogens is 2. The molecule has 3 rings (SSSR count). The SMILES string of the molecule is COCCOC(=O)C1C(C)=Nc2ncnc(OC(C)C)c2C1c1cccc([N+](=O)[O-])c1. The topological polar surface area (TPSA) is 126 Å². The molecule has 0 amide bonds. The van der Waals surface area contributed by atoms with Crippen LogP contribution in [0.1, 0.15) is 37.8 Å². The Morgan fingerprint density at radius 2 is 2.03 bits per heavy atom. The van der Waals surface area contributed by atoms with E-state index in [2.05, 4.69) is 15.0 Å². The number of methoxy groups -OCH3 is 1. The third-order valence-electron chi connectivity index (χ3n) is 4.78. The molecule has 0 N–H and O–H groups in total. The van der Waals surface area contributed by atoms with Crippen LogP contribution in [0.5, 0.6) is 5.88 Å². The Labute approximate surface area is 179 Å². The molecule has 0 saturated heterocycles. The number of aliphatic imine (C=N–C) groups is 1. The lowest BCUT2D eigenvalue weighted by molar-refractivity contribution is -0.384. The van der Waals surface area contributed by atoms with E-state index in [9.17, 15) is 14.9 Å².